The van der Waals surface area contributed by atoms with E-state index in [1.807, 2.05) is 0 Å². The van der Waals surface area contributed by atoms with Gasteiger partial charge in [-0.25, -0.2) is 9.59 Å². The highest BCUT2D eigenvalue weighted by atomic mass is 28.3. The van der Waals surface area contributed by atoms with Crippen molar-refractivity contribution in [3.63, 3.8) is 0 Å². The zero-order chi connectivity index (χ0) is 12.3. The number of rotatable bonds is 2. The molecule has 0 fully saturated rings. The van der Waals surface area contributed by atoms with Crippen LogP contribution in [-0.4, -0.2) is 34.2 Å². The number of esters is 2. The maximum absolute atomic E-state index is 11.8. The molecule has 0 atom stereocenters. The molecule has 0 aliphatic carbocycles. The second-order valence-corrected chi connectivity index (χ2v) is 9.34. The quantitative estimate of drug-likeness (QED) is 0.546. The predicted molar refractivity (Wildman–Crippen MR) is 62.6 cm³/mol. The Morgan fingerprint density at radius 1 is 1.12 bits per heavy atom. The first kappa shape index (κ1) is 13.0. The first-order valence-corrected chi connectivity index (χ1v) is 8.55. The molecule has 1 rings (SSSR count). The van der Waals surface area contributed by atoms with Crippen molar-refractivity contribution in [3.8, 4) is 0 Å². The van der Waals surface area contributed by atoms with Crippen molar-refractivity contribution in [3.05, 3.63) is 10.8 Å². The van der Waals surface area contributed by atoms with Gasteiger partial charge in [-0.3, -0.25) is 0 Å². The largest absolute Gasteiger partial charge is 0.466 e. The minimum atomic E-state index is -1.84. The van der Waals surface area contributed by atoms with E-state index in [4.69, 9.17) is 9.47 Å². The molecule has 0 unspecified atom stereocenters. The number of hydrogen-bond donors (Lipinski definition) is 0. The van der Waals surface area contributed by atoms with Crippen molar-refractivity contribution in [2.45, 2.75) is 32.0 Å². The van der Waals surface area contributed by atoms with E-state index in [0.29, 0.717) is 17.2 Å². The van der Waals surface area contributed by atoms with Crippen molar-refractivity contribution in [1.82, 2.24) is 0 Å². The van der Waals surface area contributed by atoms with Crippen molar-refractivity contribution in [1.29, 1.82) is 0 Å². The lowest BCUT2D eigenvalue weighted by atomic mass is 10.1. The lowest BCUT2D eigenvalue weighted by Crippen LogP contribution is -2.39. The molecule has 0 N–H and O–H groups in total. The molecule has 0 aromatic heterocycles. The second-order valence-electron chi connectivity index (χ2n) is 4.57. The van der Waals surface area contributed by atoms with Crippen LogP contribution in [0.2, 0.25) is 19.1 Å². The zero-order valence-corrected chi connectivity index (χ0v) is 11.3. The monoisotopic (exact) mass is 242 g/mol. The molecule has 0 spiro atoms. The summed E-state index contributed by atoms with van der Waals surface area (Å²) in [5.74, 6) is -0.752. The average molecular weight is 242 g/mol. The van der Waals surface area contributed by atoms with Gasteiger partial charge in [0.25, 0.3) is 0 Å². The molecule has 0 aromatic carbocycles. The number of methoxy groups -OCH3 is 2. The Morgan fingerprint density at radius 2 is 1.69 bits per heavy atom. The molecular formula is C11H18O4Si. The van der Waals surface area contributed by atoms with E-state index in [2.05, 4.69) is 13.1 Å². The van der Waals surface area contributed by atoms with E-state index in [-0.39, 0.29) is 11.9 Å². The normalized spacial score (nSPS) is 19.2. The zero-order valence-electron chi connectivity index (χ0n) is 10.3. The summed E-state index contributed by atoms with van der Waals surface area (Å²) in [5.41, 5.74) is 0.525. The van der Waals surface area contributed by atoms with Crippen LogP contribution in [0, 0.1) is 0 Å². The Labute approximate surface area is 96.6 Å². The van der Waals surface area contributed by atoms with Gasteiger partial charge >= 0.3 is 11.9 Å². The Balaban J connectivity index is 3.25. The van der Waals surface area contributed by atoms with Gasteiger partial charge < -0.3 is 9.47 Å². The maximum atomic E-state index is 11.8. The highest BCUT2D eigenvalue weighted by molar-refractivity contribution is 6.88. The number of hydrogen-bond acceptors (Lipinski definition) is 4. The molecule has 0 radical (unpaired) electrons. The highest BCUT2D eigenvalue weighted by Crippen LogP contribution is 2.34. The van der Waals surface area contributed by atoms with Crippen LogP contribution in [-0.2, 0) is 19.1 Å². The van der Waals surface area contributed by atoms with Gasteiger partial charge in [0.15, 0.2) is 0 Å². The molecule has 1 aliphatic rings. The summed E-state index contributed by atoms with van der Waals surface area (Å²) in [5, 5.41) is 0.605. The van der Waals surface area contributed by atoms with Crippen LogP contribution in [0.3, 0.4) is 0 Å². The third-order valence-corrected chi connectivity index (χ3v) is 6.49. The molecular weight excluding hydrogens is 224 g/mol. The molecule has 0 aromatic rings. The van der Waals surface area contributed by atoms with E-state index in [1.54, 1.807) is 0 Å². The molecule has 0 amide bonds. The Bertz CT molecular complexity index is 344. The molecule has 90 valence electrons. The summed E-state index contributed by atoms with van der Waals surface area (Å²) in [6.07, 6.45) is 1.57. The molecule has 4 nitrogen and oxygen atoms in total. The van der Waals surface area contributed by atoms with E-state index in [0.717, 1.165) is 12.5 Å². The number of carbonyl (C=O) groups is 2. The standard InChI is InChI=1S/C11H18O4Si/c1-14-10(12)8-6-5-7-16(3,4)9(8)11(13)15-2/h5-7H2,1-4H3. The maximum Gasteiger partial charge on any atom is 0.333 e. The minimum absolute atomic E-state index is 0.364. The lowest BCUT2D eigenvalue weighted by molar-refractivity contribution is -0.139. The number of ether oxygens (including phenoxy) is 2. The van der Waals surface area contributed by atoms with E-state index < -0.39 is 8.07 Å². The first-order valence-electron chi connectivity index (χ1n) is 5.34. The van der Waals surface area contributed by atoms with Crippen LogP contribution < -0.4 is 0 Å². The Hall–Kier alpha value is -1.10. The summed E-state index contributed by atoms with van der Waals surface area (Å²) in [4.78, 5) is 23.4. The predicted octanol–water partition coefficient (Wildman–Crippen LogP) is 1.67. The summed E-state index contributed by atoms with van der Waals surface area (Å²) < 4.78 is 9.51. The van der Waals surface area contributed by atoms with Crippen LogP contribution in [0.25, 0.3) is 0 Å². The van der Waals surface area contributed by atoms with Crippen molar-refractivity contribution >= 4 is 20.0 Å². The topological polar surface area (TPSA) is 52.6 Å². The van der Waals surface area contributed by atoms with Gasteiger partial charge in [0.2, 0.25) is 0 Å². The third kappa shape index (κ3) is 2.35. The van der Waals surface area contributed by atoms with Crippen LogP contribution in [0.15, 0.2) is 10.8 Å². The molecule has 1 heterocycles. The fourth-order valence-electron chi connectivity index (χ4n) is 2.19. The molecule has 0 bridgehead atoms. The average Bonchev–Trinajstić information content (AvgIpc) is 2.25. The molecule has 16 heavy (non-hydrogen) atoms. The van der Waals surface area contributed by atoms with Gasteiger partial charge in [-0.15, -0.1) is 0 Å². The smallest absolute Gasteiger partial charge is 0.333 e. The SMILES string of the molecule is COC(=O)C1=C(C(=O)OC)[Si](C)(C)CCC1. The summed E-state index contributed by atoms with van der Waals surface area (Å²) in [6.45, 7) is 4.17. The fraction of sp³-hybridized carbons (Fsp3) is 0.636. The van der Waals surface area contributed by atoms with Crippen molar-refractivity contribution in [2.75, 3.05) is 14.2 Å². The van der Waals surface area contributed by atoms with E-state index in [1.165, 1.54) is 14.2 Å². The van der Waals surface area contributed by atoms with Gasteiger partial charge in [-0.05, 0) is 6.42 Å². The van der Waals surface area contributed by atoms with Crippen LogP contribution in [0.5, 0.6) is 0 Å². The van der Waals surface area contributed by atoms with E-state index in [9.17, 15) is 9.59 Å². The van der Waals surface area contributed by atoms with Crippen LogP contribution in [0.4, 0.5) is 0 Å². The number of carbonyl (C=O) groups excluding carboxylic acids is 2. The Morgan fingerprint density at radius 3 is 2.19 bits per heavy atom. The van der Waals surface area contributed by atoms with Gasteiger partial charge in [-0.1, -0.05) is 25.6 Å². The van der Waals surface area contributed by atoms with Crippen LogP contribution >= 0.6 is 0 Å². The van der Waals surface area contributed by atoms with Crippen molar-refractivity contribution in [2.24, 2.45) is 0 Å². The third-order valence-electron chi connectivity index (χ3n) is 3.03. The fourth-order valence-corrected chi connectivity index (χ4v) is 5.20. The van der Waals surface area contributed by atoms with Gasteiger partial charge in [0.1, 0.15) is 0 Å². The summed E-state index contributed by atoms with van der Waals surface area (Å²) in [7, 11) is 0.849. The first-order chi connectivity index (χ1) is 7.44. The highest BCUT2D eigenvalue weighted by Gasteiger charge is 2.39. The second kappa shape index (κ2) is 4.82. The van der Waals surface area contributed by atoms with Crippen molar-refractivity contribution < 1.29 is 19.1 Å². The minimum Gasteiger partial charge on any atom is -0.466 e. The van der Waals surface area contributed by atoms with Gasteiger partial charge in [-0.2, -0.15) is 0 Å². The van der Waals surface area contributed by atoms with E-state index >= 15 is 0 Å². The summed E-state index contributed by atoms with van der Waals surface area (Å²) in [6, 6.07) is 1.01. The molecule has 0 saturated heterocycles. The molecule has 1 aliphatic heterocycles. The van der Waals surface area contributed by atoms with Gasteiger partial charge in [0.05, 0.1) is 22.3 Å². The lowest BCUT2D eigenvalue weighted by Gasteiger charge is -2.30. The van der Waals surface area contributed by atoms with Crippen LogP contribution in [0.1, 0.15) is 12.8 Å². The molecule has 5 heteroatoms. The Kier molecular flexibility index (Phi) is 3.91. The molecule has 0 saturated carbocycles. The summed E-state index contributed by atoms with van der Waals surface area (Å²) >= 11 is 0. The van der Waals surface area contributed by atoms with Gasteiger partial charge in [0, 0.05) is 10.8 Å².